The maximum atomic E-state index is 6.08. The van der Waals surface area contributed by atoms with Crippen LogP contribution in [0.3, 0.4) is 0 Å². The van der Waals surface area contributed by atoms with Crippen LogP contribution in [-0.4, -0.2) is 32.7 Å². The molecule has 25 heavy (non-hydrogen) atoms. The lowest BCUT2D eigenvalue weighted by molar-refractivity contribution is -0.0238. The zero-order valence-corrected chi connectivity index (χ0v) is 15.3. The summed E-state index contributed by atoms with van der Waals surface area (Å²) >= 11 is 0. The van der Waals surface area contributed by atoms with Gasteiger partial charge in [0.2, 0.25) is 0 Å². The number of rotatable bonds is 5. The monoisotopic (exact) mass is 343 g/mol. The van der Waals surface area contributed by atoms with Crippen LogP contribution in [0, 0.1) is 12.8 Å². The molecule has 4 rings (SSSR count). The fraction of sp³-hybridized carbons (Fsp3) is 0.684. The summed E-state index contributed by atoms with van der Waals surface area (Å²) in [5.41, 5.74) is 3.62. The molecule has 1 aliphatic carbocycles. The first-order valence-corrected chi connectivity index (χ1v) is 9.60. The third kappa shape index (κ3) is 3.45. The summed E-state index contributed by atoms with van der Waals surface area (Å²) in [6.07, 6.45) is 13.7. The second-order valence-electron chi connectivity index (χ2n) is 7.55. The SMILES string of the molecule is Cc1c(NC[C@@H]2CCCO[C@H]2c2cnn(C)c2)cnn1C1CCCC1. The van der Waals surface area contributed by atoms with Gasteiger partial charge in [-0.05, 0) is 32.6 Å². The maximum absolute atomic E-state index is 6.08. The maximum Gasteiger partial charge on any atom is 0.0900 e. The number of aryl methyl sites for hydroxylation is 1. The van der Waals surface area contributed by atoms with Crippen molar-refractivity contribution in [3.05, 3.63) is 29.8 Å². The van der Waals surface area contributed by atoms with Crippen molar-refractivity contribution in [3.63, 3.8) is 0 Å². The molecule has 2 aliphatic rings. The van der Waals surface area contributed by atoms with Crippen molar-refractivity contribution < 1.29 is 4.74 Å². The molecular weight excluding hydrogens is 314 g/mol. The third-order valence-corrected chi connectivity index (χ3v) is 5.77. The highest BCUT2D eigenvalue weighted by molar-refractivity contribution is 5.46. The van der Waals surface area contributed by atoms with Crippen LogP contribution in [-0.2, 0) is 11.8 Å². The number of hydrogen-bond acceptors (Lipinski definition) is 4. The quantitative estimate of drug-likeness (QED) is 0.901. The van der Waals surface area contributed by atoms with Gasteiger partial charge in [-0.15, -0.1) is 0 Å². The van der Waals surface area contributed by atoms with Gasteiger partial charge in [0.1, 0.15) is 0 Å². The van der Waals surface area contributed by atoms with Gasteiger partial charge in [0, 0.05) is 37.9 Å². The highest BCUT2D eigenvalue weighted by atomic mass is 16.5. The van der Waals surface area contributed by atoms with E-state index in [1.807, 2.05) is 24.1 Å². The lowest BCUT2D eigenvalue weighted by Crippen LogP contribution is -2.28. The third-order valence-electron chi connectivity index (χ3n) is 5.77. The number of nitrogens with one attached hydrogen (secondary N) is 1. The largest absolute Gasteiger partial charge is 0.382 e. The molecule has 1 aliphatic heterocycles. The van der Waals surface area contributed by atoms with Crippen molar-refractivity contribution in [2.24, 2.45) is 13.0 Å². The summed E-state index contributed by atoms with van der Waals surface area (Å²) in [6.45, 7) is 3.94. The first-order valence-electron chi connectivity index (χ1n) is 9.60. The van der Waals surface area contributed by atoms with Crippen LogP contribution in [0.15, 0.2) is 18.6 Å². The van der Waals surface area contributed by atoms with Crippen LogP contribution in [0.1, 0.15) is 61.9 Å². The van der Waals surface area contributed by atoms with E-state index in [4.69, 9.17) is 4.74 Å². The molecule has 0 amide bonds. The lowest BCUT2D eigenvalue weighted by atomic mass is 9.91. The van der Waals surface area contributed by atoms with Crippen molar-refractivity contribution in [1.29, 1.82) is 0 Å². The summed E-state index contributed by atoms with van der Waals surface area (Å²) < 4.78 is 10.2. The van der Waals surface area contributed by atoms with Gasteiger partial charge in [-0.1, -0.05) is 12.8 Å². The molecule has 3 heterocycles. The summed E-state index contributed by atoms with van der Waals surface area (Å²) in [5.74, 6) is 0.465. The standard InChI is InChI=1S/C19H29N5O/c1-14-18(12-22-24(14)17-7-3-4-8-17)20-10-15-6-5-9-25-19(15)16-11-21-23(2)13-16/h11-13,15,17,19-20H,3-10H2,1-2H3/t15-,19+/m0/s1. The molecule has 2 fully saturated rings. The van der Waals surface area contributed by atoms with Crippen LogP contribution < -0.4 is 5.32 Å². The number of hydrogen-bond donors (Lipinski definition) is 1. The van der Waals surface area contributed by atoms with Crippen LogP contribution in [0.2, 0.25) is 0 Å². The van der Waals surface area contributed by atoms with Crippen molar-refractivity contribution in [2.45, 2.75) is 57.6 Å². The van der Waals surface area contributed by atoms with E-state index in [2.05, 4.69) is 33.3 Å². The Balaban J connectivity index is 1.43. The average Bonchev–Trinajstić information content (AvgIpc) is 3.35. The first-order chi connectivity index (χ1) is 12.2. The molecule has 136 valence electrons. The fourth-order valence-electron chi connectivity index (χ4n) is 4.36. The Hall–Kier alpha value is -1.82. The molecule has 1 N–H and O–H groups in total. The summed E-state index contributed by atoms with van der Waals surface area (Å²) in [4.78, 5) is 0. The number of anilines is 1. The lowest BCUT2D eigenvalue weighted by Gasteiger charge is -2.31. The Kier molecular flexibility index (Phi) is 4.79. The Morgan fingerprint density at radius 3 is 2.76 bits per heavy atom. The number of aromatic nitrogens is 4. The van der Waals surface area contributed by atoms with Crippen molar-refractivity contribution in [1.82, 2.24) is 19.6 Å². The number of ether oxygens (including phenoxy) is 1. The predicted octanol–water partition coefficient (Wildman–Crippen LogP) is 3.62. The van der Waals surface area contributed by atoms with E-state index in [-0.39, 0.29) is 6.10 Å². The Morgan fingerprint density at radius 2 is 2.00 bits per heavy atom. The van der Waals surface area contributed by atoms with E-state index in [1.54, 1.807) is 0 Å². The molecule has 6 heteroatoms. The van der Waals surface area contributed by atoms with Crippen LogP contribution in [0.25, 0.3) is 0 Å². The van der Waals surface area contributed by atoms with Crippen molar-refractivity contribution in [2.75, 3.05) is 18.5 Å². The molecule has 2 aromatic rings. The molecule has 2 atom stereocenters. The highest BCUT2D eigenvalue weighted by Crippen LogP contribution is 2.35. The molecule has 0 aromatic carbocycles. The Bertz CT molecular complexity index is 700. The minimum absolute atomic E-state index is 0.139. The van der Waals surface area contributed by atoms with Crippen LogP contribution in [0.4, 0.5) is 5.69 Å². The predicted molar refractivity (Wildman–Crippen MR) is 97.6 cm³/mol. The van der Waals surface area contributed by atoms with Gasteiger partial charge >= 0.3 is 0 Å². The Labute approximate surface area is 149 Å². The van der Waals surface area contributed by atoms with E-state index >= 15 is 0 Å². The fourth-order valence-corrected chi connectivity index (χ4v) is 4.36. The topological polar surface area (TPSA) is 56.9 Å². The molecule has 6 nitrogen and oxygen atoms in total. The van der Waals surface area contributed by atoms with Gasteiger partial charge in [-0.2, -0.15) is 10.2 Å². The second kappa shape index (κ2) is 7.20. The Morgan fingerprint density at radius 1 is 1.16 bits per heavy atom. The highest BCUT2D eigenvalue weighted by Gasteiger charge is 2.29. The van der Waals surface area contributed by atoms with Crippen molar-refractivity contribution in [3.8, 4) is 0 Å². The van der Waals surface area contributed by atoms with Gasteiger partial charge in [-0.3, -0.25) is 9.36 Å². The van der Waals surface area contributed by atoms with Gasteiger partial charge < -0.3 is 10.1 Å². The molecule has 0 radical (unpaired) electrons. The second-order valence-corrected chi connectivity index (χ2v) is 7.55. The molecule has 0 spiro atoms. The average molecular weight is 343 g/mol. The van der Waals surface area contributed by atoms with E-state index < -0.39 is 0 Å². The minimum Gasteiger partial charge on any atom is -0.382 e. The van der Waals surface area contributed by atoms with Crippen LogP contribution in [0.5, 0.6) is 0 Å². The number of nitrogens with zero attached hydrogens (tertiary/aromatic N) is 4. The summed E-state index contributed by atoms with van der Waals surface area (Å²) in [7, 11) is 1.96. The normalized spacial score (nSPS) is 24.7. The zero-order chi connectivity index (χ0) is 17.2. The zero-order valence-electron chi connectivity index (χ0n) is 15.3. The minimum atomic E-state index is 0.139. The summed E-state index contributed by atoms with van der Waals surface area (Å²) in [6, 6.07) is 0.594. The van der Waals surface area contributed by atoms with E-state index in [0.29, 0.717) is 12.0 Å². The molecule has 2 aromatic heterocycles. The van der Waals surface area contributed by atoms with E-state index in [1.165, 1.54) is 49.0 Å². The van der Waals surface area contributed by atoms with E-state index in [9.17, 15) is 0 Å². The smallest absolute Gasteiger partial charge is 0.0900 e. The molecule has 0 bridgehead atoms. The van der Waals surface area contributed by atoms with Gasteiger partial charge in [-0.25, -0.2) is 0 Å². The van der Waals surface area contributed by atoms with Crippen molar-refractivity contribution >= 4 is 5.69 Å². The molecule has 1 saturated heterocycles. The summed E-state index contributed by atoms with van der Waals surface area (Å²) in [5, 5.41) is 12.6. The van der Waals surface area contributed by atoms with Gasteiger partial charge in [0.15, 0.2) is 0 Å². The van der Waals surface area contributed by atoms with Crippen LogP contribution >= 0.6 is 0 Å². The van der Waals surface area contributed by atoms with Gasteiger partial charge in [0.05, 0.1) is 35.9 Å². The molecular formula is C19H29N5O. The van der Waals surface area contributed by atoms with Gasteiger partial charge in [0.25, 0.3) is 0 Å². The molecule has 0 unspecified atom stereocenters. The van der Waals surface area contributed by atoms with E-state index in [0.717, 1.165) is 19.6 Å². The first kappa shape index (κ1) is 16.6. The molecule has 1 saturated carbocycles.